The molecule has 2 rings (SSSR count). The first-order valence-electron chi connectivity index (χ1n) is 6.82. The zero-order chi connectivity index (χ0) is 16.3. The number of alkyl halides is 3. The van der Waals surface area contributed by atoms with Gasteiger partial charge in [-0.15, -0.1) is 0 Å². The highest BCUT2D eigenvalue weighted by Gasteiger charge is 2.31. The summed E-state index contributed by atoms with van der Waals surface area (Å²) in [6, 6.07) is 5.71. The van der Waals surface area contributed by atoms with Crippen molar-refractivity contribution in [3.05, 3.63) is 53.3 Å². The molecule has 0 aliphatic rings. The van der Waals surface area contributed by atoms with Crippen LogP contribution >= 0.6 is 0 Å². The number of halogens is 3. The van der Waals surface area contributed by atoms with Crippen molar-refractivity contribution in [1.82, 2.24) is 15.1 Å². The van der Waals surface area contributed by atoms with Gasteiger partial charge in [0, 0.05) is 18.3 Å². The van der Waals surface area contributed by atoms with Crippen molar-refractivity contribution in [1.29, 1.82) is 0 Å². The van der Waals surface area contributed by atoms with Crippen molar-refractivity contribution in [2.45, 2.75) is 32.6 Å². The van der Waals surface area contributed by atoms with Crippen LogP contribution in [0.4, 0.5) is 13.2 Å². The number of benzene rings is 1. The number of nitrogens with zero attached hydrogens (tertiary/aromatic N) is 2. The number of hydrogen-bond donors (Lipinski definition) is 1. The Hall–Kier alpha value is -2.31. The second-order valence-electron chi connectivity index (χ2n) is 4.87. The van der Waals surface area contributed by atoms with Gasteiger partial charge in [0.15, 0.2) is 0 Å². The van der Waals surface area contributed by atoms with E-state index >= 15 is 0 Å². The number of aromatic nitrogens is 2. The molecule has 2 aromatic rings. The Bertz CT molecular complexity index is 664. The lowest BCUT2D eigenvalue weighted by Gasteiger charge is -2.13. The van der Waals surface area contributed by atoms with E-state index in [-0.39, 0.29) is 5.56 Å². The number of nitrogens with one attached hydrogen (secondary N) is 1. The summed E-state index contributed by atoms with van der Waals surface area (Å²) in [6.07, 6.45) is -2.69. The SMILES string of the molecule is CCn1ccc(C(C)NC(=O)c2cccc(C(F)(F)F)c2)n1. The van der Waals surface area contributed by atoms with Crippen molar-refractivity contribution in [3.8, 4) is 0 Å². The molecule has 1 heterocycles. The fraction of sp³-hybridized carbons (Fsp3) is 0.333. The predicted octanol–water partition coefficient (Wildman–Crippen LogP) is 3.41. The summed E-state index contributed by atoms with van der Waals surface area (Å²) in [5.74, 6) is -0.565. The van der Waals surface area contributed by atoms with Gasteiger partial charge in [-0.25, -0.2) is 0 Å². The van der Waals surface area contributed by atoms with Crippen LogP contribution in [0.1, 0.15) is 41.5 Å². The molecule has 0 saturated carbocycles. The third-order valence-corrected chi connectivity index (χ3v) is 3.23. The van der Waals surface area contributed by atoms with E-state index in [1.807, 2.05) is 6.92 Å². The van der Waals surface area contributed by atoms with Gasteiger partial charge < -0.3 is 5.32 Å². The van der Waals surface area contributed by atoms with Crippen LogP contribution in [0.5, 0.6) is 0 Å². The lowest BCUT2D eigenvalue weighted by Crippen LogP contribution is -2.27. The molecular formula is C15H16F3N3O. The van der Waals surface area contributed by atoms with Gasteiger partial charge in [-0.1, -0.05) is 6.07 Å². The highest BCUT2D eigenvalue weighted by Crippen LogP contribution is 2.29. The minimum atomic E-state index is -4.47. The first kappa shape index (κ1) is 16.1. The Labute approximate surface area is 125 Å². The lowest BCUT2D eigenvalue weighted by molar-refractivity contribution is -0.137. The number of hydrogen-bond acceptors (Lipinski definition) is 2. The molecule has 118 valence electrons. The maximum absolute atomic E-state index is 12.7. The van der Waals surface area contributed by atoms with Gasteiger partial charge in [-0.3, -0.25) is 9.48 Å². The second kappa shape index (κ2) is 6.21. The van der Waals surface area contributed by atoms with E-state index in [0.29, 0.717) is 12.2 Å². The summed E-state index contributed by atoms with van der Waals surface area (Å²) < 4.78 is 39.7. The first-order chi connectivity index (χ1) is 10.3. The standard InChI is InChI=1S/C15H16F3N3O/c1-3-21-8-7-13(20-21)10(2)19-14(22)11-5-4-6-12(9-11)15(16,17)18/h4-10H,3H2,1-2H3,(H,19,22). The molecule has 1 aromatic heterocycles. The molecule has 0 radical (unpaired) electrons. The molecule has 22 heavy (non-hydrogen) atoms. The van der Waals surface area contributed by atoms with Crippen LogP contribution in [0.3, 0.4) is 0 Å². The molecule has 1 unspecified atom stereocenters. The normalized spacial score (nSPS) is 13.0. The number of carbonyl (C=O) groups is 1. The Morgan fingerprint density at radius 3 is 2.68 bits per heavy atom. The Kier molecular flexibility index (Phi) is 4.54. The number of aryl methyl sites for hydroxylation is 1. The molecular weight excluding hydrogens is 295 g/mol. The summed E-state index contributed by atoms with van der Waals surface area (Å²) >= 11 is 0. The van der Waals surface area contributed by atoms with E-state index < -0.39 is 23.7 Å². The van der Waals surface area contributed by atoms with Crippen LogP contribution in [-0.2, 0) is 12.7 Å². The molecule has 1 N–H and O–H groups in total. The molecule has 1 aromatic carbocycles. The van der Waals surface area contributed by atoms with Gasteiger partial charge in [0.1, 0.15) is 0 Å². The Balaban J connectivity index is 2.12. The summed E-state index contributed by atoms with van der Waals surface area (Å²) in [6.45, 7) is 4.37. The molecule has 7 heteroatoms. The summed E-state index contributed by atoms with van der Waals surface area (Å²) in [5, 5.41) is 6.90. The molecule has 0 spiro atoms. The van der Waals surface area contributed by atoms with Gasteiger partial charge in [0.25, 0.3) is 5.91 Å². The van der Waals surface area contributed by atoms with E-state index in [1.54, 1.807) is 23.9 Å². The van der Waals surface area contributed by atoms with Crippen molar-refractivity contribution < 1.29 is 18.0 Å². The maximum atomic E-state index is 12.7. The fourth-order valence-electron chi connectivity index (χ4n) is 1.98. The van der Waals surface area contributed by atoms with Crippen molar-refractivity contribution >= 4 is 5.91 Å². The second-order valence-corrected chi connectivity index (χ2v) is 4.87. The Morgan fingerprint density at radius 1 is 1.36 bits per heavy atom. The van der Waals surface area contributed by atoms with Crippen LogP contribution in [0.25, 0.3) is 0 Å². The van der Waals surface area contributed by atoms with Gasteiger partial charge in [-0.2, -0.15) is 18.3 Å². The van der Waals surface area contributed by atoms with Gasteiger partial charge in [0.05, 0.1) is 17.3 Å². The van der Waals surface area contributed by atoms with Crippen LogP contribution in [-0.4, -0.2) is 15.7 Å². The summed E-state index contributed by atoms with van der Waals surface area (Å²) in [7, 11) is 0. The van der Waals surface area contributed by atoms with Crippen molar-refractivity contribution in [2.24, 2.45) is 0 Å². The maximum Gasteiger partial charge on any atom is 0.416 e. The lowest BCUT2D eigenvalue weighted by atomic mass is 10.1. The molecule has 1 amide bonds. The largest absolute Gasteiger partial charge is 0.416 e. The van der Waals surface area contributed by atoms with Crippen molar-refractivity contribution in [3.63, 3.8) is 0 Å². The van der Waals surface area contributed by atoms with Crippen LogP contribution in [0, 0.1) is 0 Å². The molecule has 0 bridgehead atoms. The van der Waals surface area contributed by atoms with E-state index in [4.69, 9.17) is 0 Å². The number of amides is 1. The van der Waals surface area contributed by atoms with Gasteiger partial charge in [-0.05, 0) is 38.1 Å². The Morgan fingerprint density at radius 2 is 2.09 bits per heavy atom. The van der Waals surface area contributed by atoms with E-state index in [0.717, 1.165) is 12.1 Å². The fourth-order valence-corrected chi connectivity index (χ4v) is 1.98. The molecule has 4 nitrogen and oxygen atoms in total. The first-order valence-corrected chi connectivity index (χ1v) is 6.82. The number of rotatable bonds is 4. The summed E-state index contributed by atoms with van der Waals surface area (Å²) in [5.41, 5.74) is -0.221. The minimum Gasteiger partial charge on any atom is -0.344 e. The molecule has 1 atom stereocenters. The third-order valence-electron chi connectivity index (χ3n) is 3.23. The van der Waals surface area contributed by atoms with Crippen LogP contribution in [0.2, 0.25) is 0 Å². The average Bonchev–Trinajstić information content (AvgIpc) is 2.95. The minimum absolute atomic E-state index is 0.0309. The monoisotopic (exact) mass is 311 g/mol. The van der Waals surface area contributed by atoms with E-state index in [2.05, 4.69) is 10.4 Å². The quantitative estimate of drug-likeness (QED) is 0.940. The van der Waals surface area contributed by atoms with Crippen molar-refractivity contribution in [2.75, 3.05) is 0 Å². The van der Waals surface area contributed by atoms with Crippen LogP contribution in [0.15, 0.2) is 36.5 Å². The third kappa shape index (κ3) is 3.66. The predicted molar refractivity (Wildman–Crippen MR) is 75.2 cm³/mol. The van der Waals surface area contributed by atoms with Gasteiger partial charge in [0.2, 0.25) is 0 Å². The molecule has 0 aliphatic heterocycles. The zero-order valence-electron chi connectivity index (χ0n) is 12.2. The molecule has 0 aliphatic carbocycles. The molecule has 0 fully saturated rings. The van der Waals surface area contributed by atoms with E-state index in [1.165, 1.54) is 12.1 Å². The van der Waals surface area contributed by atoms with Crippen LogP contribution < -0.4 is 5.32 Å². The topological polar surface area (TPSA) is 46.9 Å². The smallest absolute Gasteiger partial charge is 0.344 e. The highest BCUT2D eigenvalue weighted by molar-refractivity contribution is 5.94. The number of carbonyl (C=O) groups excluding carboxylic acids is 1. The van der Waals surface area contributed by atoms with Gasteiger partial charge >= 0.3 is 6.18 Å². The summed E-state index contributed by atoms with van der Waals surface area (Å²) in [4.78, 5) is 12.1. The van der Waals surface area contributed by atoms with E-state index in [9.17, 15) is 18.0 Å². The zero-order valence-corrected chi connectivity index (χ0v) is 12.2. The highest BCUT2D eigenvalue weighted by atomic mass is 19.4. The average molecular weight is 311 g/mol. The molecule has 0 saturated heterocycles.